The molecule has 86 valence electrons. The second-order valence-electron chi connectivity index (χ2n) is 3.34. The van der Waals surface area contributed by atoms with Gasteiger partial charge in [0.25, 0.3) is 0 Å². The monoisotopic (exact) mass is 232 g/mol. The fraction of sp³-hybridized carbons (Fsp3) is 0.778. The number of hydrogen-bond acceptors (Lipinski definition) is 5. The number of thioether (sulfide) groups is 1. The van der Waals surface area contributed by atoms with Gasteiger partial charge in [-0.1, -0.05) is 6.92 Å². The van der Waals surface area contributed by atoms with Gasteiger partial charge in [-0.15, -0.1) is 0 Å². The highest BCUT2D eigenvalue weighted by molar-refractivity contribution is 8.00. The first-order valence-corrected chi connectivity index (χ1v) is 6.11. The maximum atomic E-state index is 11.5. The molecule has 0 saturated carbocycles. The fourth-order valence-corrected chi connectivity index (χ4v) is 2.10. The minimum atomic E-state index is -0.527. The molecule has 0 aromatic carbocycles. The van der Waals surface area contributed by atoms with Crippen molar-refractivity contribution in [1.29, 1.82) is 0 Å². The van der Waals surface area contributed by atoms with E-state index in [-0.39, 0.29) is 11.9 Å². The van der Waals surface area contributed by atoms with E-state index >= 15 is 0 Å². The summed E-state index contributed by atoms with van der Waals surface area (Å²) in [5.74, 6) is 0.847. The number of rotatable bonds is 5. The smallest absolute Gasteiger partial charge is 0.416 e. The SMILES string of the molecule is CCC(N)CSCC(=O)N1CCOC1=O. The molecule has 5 nitrogen and oxygen atoms in total. The largest absolute Gasteiger partial charge is 0.447 e. The Balaban J connectivity index is 2.21. The molecule has 2 amide bonds. The zero-order chi connectivity index (χ0) is 11.3. The summed E-state index contributed by atoms with van der Waals surface area (Å²) in [6.45, 7) is 2.69. The van der Waals surface area contributed by atoms with Crippen LogP contribution < -0.4 is 5.73 Å². The van der Waals surface area contributed by atoms with Crippen molar-refractivity contribution in [3.05, 3.63) is 0 Å². The third kappa shape index (κ3) is 3.71. The van der Waals surface area contributed by atoms with Gasteiger partial charge >= 0.3 is 6.09 Å². The van der Waals surface area contributed by atoms with E-state index < -0.39 is 6.09 Å². The number of cyclic esters (lactones) is 1. The summed E-state index contributed by atoms with van der Waals surface area (Å²) in [5.41, 5.74) is 5.70. The molecule has 0 spiro atoms. The van der Waals surface area contributed by atoms with Crippen LogP contribution in [0, 0.1) is 0 Å². The van der Waals surface area contributed by atoms with Gasteiger partial charge in [-0.2, -0.15) is 11.8 Å². The number of imide groups is 1. The Morgan fingerprint density at radius 1 is 1.73 bits per heavy atom. The molecule has 2 N–H and O–H groups in total. The zero-order valence-electron chi connectivity index (χ0n) is 8.77. The van der Waals surface area contributed by atoms with Gasteiger partial charge in [-0.3, -0.25) is 4.79 Å². The molecule has 0 radical (unpaired) electrons. The highest BCUT2D eigenvalue weighted by atomic mass is 32.2. The molecular formula is C9H16N2O3S. The minimum Gasteiger partial charge on any atom is -0.447 e. The van der Waals surface area contributed by atoms with Crippen molar-refractivity contribution < 1.29 is 14.3 Å². The minimum absolute atomic E-state index is 0.119. The van der Waals surface area contributed by atoms with E-state index in [1.54, 1.807) is 0 Å². The van der Waals surface area contributed by atoms with Crippen LogP contribution in [-0.4, -0.2) is 47.6 Å². The van der Waals surface area contributed by atoms with Crippen molar-refractivity contribution in [1.82, 2.24) is 4.90 Å². The van der Waals surface area contributed by atoms with Gasteiger partial charge in [0.1, 0.15) is 6.61 Å². The summed E-state index contributed by atoms with van der Waals surface area (Å²) >= 11 is 1.46. The van der Waals surface area contributed by atoms with Crippen LogP contribution in [0.5, 0.6) is 0 Å². The first-order valence-electron chi connectivity index (χ1n) is 4.95. The maximum absolute atomic E-state index is 11.5. The predicted molar refractivity (Wildman–Crippen MR) is 58.7 cm³/mol. The molecule has 0 aliphatic carbocycles. The lowest BCUT2D eigenvalue weighted by Gasteiger charge is -2.11. The molecule has 15 heavy (non-hydrogen) atoms. The van der Waals surface area contributed by atoms with E-state index in [0.29, 0.717) is 18.9 Å². The zero-order valence-corrected chi connectivity index (χ0v) is 9.59. The van der Waals surface area contributed by atoms with E-state index in [0.717, 1.165) is 17.1 Å². The second-order valence-corrected chi connectivity index (χ2v) is 4.37. The van der Waals surface area contributed by atoms with Crippen LogP contribution in [0.1, 0.15) is 13.3 Å². The topological polar surface area (TPSA) is 72.6 Å². The Bertz CT molecular complexity index is 248. The summed E-state index contributed by atoms with van der Waals surface area (Å²) in [6.07, 6.45) is 0.368. The van der Waals surface area contributed by atoms with Crippen LogP contribution in [0.3, 0.4) is 0 Å². The van der Waals surface area contributed by atoms with E-state index in [2.05, 4.69) is 4.74 Å². The van der Waals surface area contributed by atoms with Gasteiger partial charge in [0.15, 0.2) is 0 Å². The predicted octanol–water partition coefficient (Wildman–Crippen LogP) is 0.436. The van der Waals surface area contributed by atoms with E-state index in [1.165, 1.54) is 11.8 Å². The number of carbonyl (C=O) groups is 2. The average Bonchev–Trinajstić information content (AvgIpc) is 2.64. The highest BCUT2D eigenvalue weighted by Crippen LogP contribution is 2.09. The van der Waals surface area contributed by atoms with Gasteiger partial charge < -0.3 is 10.5 Å². The molecular weight excluding hydrogens is 216 g/mol. The second kappa shape index (κ2) is 5.97. The maximum Gasteiger partial charge on any atom is 0.416 e. The van der Waals surface area contributed by atoms with Crippen LogP contribution >= 0.6 is 11.8 Å². The Hall–Kier alpha value is -0.750. The molecule has 1 fully saturated rings. The van der Waals surface area contributed by atoms with E-state index in [9.17, 15) is 9.59 Å². The molecule has 1 unspecified atom stereocenters. The van der Waals surface area contributed by atoms with Crippen molar-refractivity contribution >= 4 is 23.8 Å². The molecule has 0 bridgehead atoms. The lowest BCUT2D eigenvalue weighted by Crippen LogP contribution is -2.33. The third-order valence-corrected chi connectivity index (χ3v) is 3.26. The first-order chi connectivity index (χ1) is 7.15. The summed E-state index contributed by atoms with van der Waals surface area (Å²) < 4.78 is 4.67. The summed E-state index contributed by atoms with van der Waals surface area (Å²) in [7, 11) is 0. The number of carbonyl (C=O) groups excluding carboxylic acids is 2. The average molecular weight is 232 g/mol. The molecule has 1 saturated heterocycles. The van der Waals surface area contributed by atoms with Crippen LogP contribution in [0.25, 0.3) is 0 Å². The normalized spacial score (nSPS) is 17.7. The van der Waals surface area contributed by atoms with Crippen molar-refractivity contribution in [3.63, 3.8) is 0 Å². The molecule has 1 aliphatic heterocycles. The van der Waals surface area contributed by atoms with Gasteiger partial charge in [0.05, 0.1) is 12.3 Å². The fourth-order valence-electron chi connectivity index (χ4n) is 1.11. The van der Waals surface area contributed by atoms with Gasteiger partial charge in [0, 0.05) is 11.8 Å². The molecule has 1 atom stereocenters. The lowest BCUT2D eigenvalue weighted by molar-refractivity contribution is -0.124. The molecule has 1 rings (SSSR count). The van der Waals surface area contributed by atoms with Crippen molar-refractivity contribution in [3.8, 4) is 0 Å². The van der Waals surface area contributed by atoms with Crippen LogP contribution in [0.4, 0.5) is 4.79 Å². The van der Waals surface area contributed by atoms with Crippen molar-refractivity contribution in [2.45, 2.75) is 19.4 Å². The van der Waals surface area contributed by atoms with E-state index in [1.807, 2.05) is 6.92 Å². The Morgan fingerprint density at radius 3 is 3.00 bits per heavy atom. The van der Waals surface area contributed by atoms with E-state index in [4.69, 9.17) is 5.73 Å². The highest BCUT2D eigenvalue weighted by Gasteiger charge is 2.27. The standard InChI is InChI=1S/C9H16N2O3S/c1-2-7(10)5-15-6-8(12)11-3-4-14-9(11)13/h7H,2-6,10H2,1H3. The summed E-state index contributed by atoms with van der Waals surface area (Å²) in [4.78, 5) is 23.7. The number of ether oxygens (including phenoxy) is 1. The molecule has 0 aromatic heterocycles. The lowest BCUT2D eigenvalue weighted by atomic mass is 10.3. The van der Waals surface area contributed by atoms with Crippen LogP contribution in [0.2, 0.25) is 0 Å². The quantitative estimate of drug-likeness (QED) is 0.744. The van der Waals surface area contributed by atoms with Gasteiger partial charge in [0.2, 0.25) is 5.91 Å². The number of nitrogens with zero attached hydrogens (tertiary/aromatic N) is 1. The van der Waals surface area contributed by atoms with Crippen molar-refractivity contribution in [2.24, 2.45) is 5.73 Å². The molecule has 0 aromatic rings. The van der Waals surface area contributed by atoms with Crippen LogP contribution in [-0.2, 0) is 9.53 Å². The molecule has 1 aliphatic rings. The van der Waals surface area contributed by atoms with Gasteiger partial charge in [-0.25, -0.2) is 9.69 Å². The Kier molecular flexibility index (Phi) is 4.90. The number of amides is 2. The first kappa shape index (κ1) is 12.3. The van der Waals surface area contributed by atoms with Crippen molar-refractivity contribution in [2.75, 3.05) is 24.7 Å². The Labute approximate surface area is 93.3 Å². The Morgan fingerprint density at radius 2 is 2.47 bits per heavy atom. The third-order valence-electron chi connectivity index (χ3n) is 2.14. The summed E-state index contributed by atoms with van der Waals surface area (Å²) in [5, 5.41) is 0. The number of nitrogens with two attached hydrogens (primary N) is 1. The molecule has 1 heterocycles. The van der Waals surface area contributed by atoms with Crippen LogP contribution in [0.15, 0.2) is 0 Å². The number of hydrogen-bond donors (Lipinski definition) is 1. The molecule has 6 heteroatoms. The summed E-state index contributed by atoms with van der Waals surface area (Å²) in [6, 6.07) is 0.119. The van der Waals surface area contributed by atoms with Gasteiger partial charge in [-0.05, 0) is 6.42 Å².